The van der Waals surface area contributed by atoms with Crippen molar-refractivity contribution in [1.82, 2.24) is 14.8 Å². The van der Waals surface area contributed by atoms with Crippen molar-refractivity contribution in [1.29, 1.82) is 0 Å². The van der Waals surface area contributed by atoms with Gasteiger partial charge >= 0.3 is 5.97 Å². The number of carboxylic acids is 1. The first-order chi connectivity index (χ1) is 16.0. The van der Waals surface area contributed by atoms with Crippen molar-refractivity contribution in [3.63, 3.8) is 0 Å². The molecule has 0 fully saturated rings. The highest BCUT2D eigenvalue weighted by Gasteiger charge is 2.27. The van der Waals surface area contributed by atoms with Gasteiger partial charge in [0.25, 0.3) is 0 Å². The molecule has 2 aromatic heterocycles. The van der Waals surface area contributed by atoms with Gasteiger partial charge in [-0.1, -0.05) is 71.6 Å². The highest BCUT2D eigenvalue weighted by Crippen LogP contribution is 2.42. The molecule has 0 bridgehead atoms. The van der Waals surface area contributed by atoms with Gasteiger partial charge in [-0.15, -0.1) is 11.8 Å². The predicted octanol–water partition coefficient (Wildman–Crippen LogP) is 8.78. The molecule has 1 N–H and O–H groups in total. The molecule has 0 saturated heterocycles. The fourth-order valence-electron chi connectivity index (χ4n) is 3.46. The highest BCUT2D eigenvalue weighted by molar-refractivity contribution is 8.01. The van der Waals surface area contributed by atoms with E-state index in [4.69, 9.17) is 51.4 Å². The number of nitrogens with zero attached hydrogens (tertiary/aromatic N) is 3. The average molecular weight is 573 g/mol. The van der Waals surface area contributed by atoms with E-state index >= 15 is 0 Å². The molecule has 0 atom stereocenters. The molecule has 0 aliphatic carbocycles. The zero-order valence-electron chi connectivity index (χ0n) is 18.1. The number of halogens is 4. The standard InChI is InChI=1S/C23H17Cl4N3O2S2/c1-10(2)33-22-19(13-6-16(26)9-17(27)7-13)28-23(34-22)30-20(21(31)32)18(11(3)29-30)12-4-14(24)8-15(25)5-12/h4-10H,1-3H3,(H,31,32). The molecule has 0 spiro atoms. The van der Waals surface area contributed by atoms with Crippen LogP contribution in [0.5, 0.6) is 0 Å². The van der Waals surface area contributed by atoms with Crippen molar-refractivity contribution < 1.29 is 9.90 Å². The van der Waals surface area contributed by atoms with Crippen LogP contribution >= 0.6 is 69.5 Å². The Morgan fingerprint density at radius 1 is 0.971 bits per heavy atom. The topological polar surface area (TPSA) is 68.0 Å². The maximum atomic E-state index is 12.4. The SMILES string of the molecule is Cc1nn(-c2nc(-c3cc(Cl)cc(Cl)c3)c(SC(C)C)s2)c(C(=O)O)c1-c1cc(Cl)cc(Cl)c1. The number of carboxylic acid groups (broad SMARTS) is 1. The van der Waals surface area contributed by atoms with Crippen LogP contribution in [0.2, 0.25) is 20.1 Å². The number of benzene rings is 2. The Morgan fingerprint density at radius 2 is 1.50 bits per heavy atom. The molecule has 0 saturated carbocycles. The number of aromatic carboxylic acids is 1. The van der Waals surface area contributed by atoms with Crippen LogP contribution in [-0.2, 0) is 0 Å². The summed E-state index contributed by atoms with van der Waals surface area (Å²) in [5.74, 6) is -1.15. The first kappa shape index (κ1) is 25.4. The van der Waals surface area contributed by atoms with Gasteiger partial charge in [0.1, 0.15) is 0 Å². The van der Waals surface area contributed by atoms with E-state index in [0.717, 1.165) is 9.77 Å². The third-order valence-corrected chi connectivity index (χ3v) is 7.77. The van der Waals surface area contributed by atoms with E-state index in [1.54, 1.807) is 55.1 Å². The third kappa shape index (κ3) is 5.25. The van der Waals surface area contributed by atoms with Gasteiger partial charge in [0, 0.05) is 36.5 Å². The van der Waals surface area contributed by atoms with E-state index in [9.17, 15) is 9.90 Å². The Kier molecular flexibility index (Phi) is 7.53. The van der Waals surface area contributed by atoms with Gasteiger partial charge in [-0.25, -0.2) is 9.78 Å². The van der Waals surface area contributed by atoms with Crippen molar-refractivity contribution in [2.75, 3.05) is 0 Å². The molecule has 0 amide bonds. The van der Waals surface area contributed by atoms with Crippen molar-refractivity contribution in [2.24, 2.45) is 0 Å². The molecule has 34 heavy (non-hydrogen) atoms. The van der Waals surface area contributed by atoms with Crippen molar-refractivity contribution >= 4 is 75.5 Å². The van der Waals surface area contributed by atoms with Crippen molar-refractivity contribution in [2.45, 2.75) is 30.2 Å². The Morgan fingerprint density at radius 3 is 2.00 bits per heavy atom. The normalized spacial score (nSPS) is 11.4. The zero-order chi connectivity index (χ0) is 24.7. The smallest absolute Gasteiger partial charge is 0.355 e. The molecule has 176 valence electrons. The predicted molar refractivity (Wildman–Crippen MR) is 143 cm³/mol. The van der Waals surface area contributed by atoms with Crippen LogP contribution in [0.1, 0.15) is 30.0 Å². The Bertz CT molecular complexity index is 1380. The molecule has 2 aromatic carbocycles. The van der Waals surface area contributed by atoms with Gasteiger partial charge in [0.15, 0.2) is 5.69 Å². The molecule has 0 unspecified atom stereocenters. The second-order valence-corrected chi connectivity index (χ2v) is 12.2. The van der Waals surface area contributed by atoms with E-state index in [-0.39, 0.29) is 10.9 Å². The Labute approximate surface area is 224 Å². The summed E-state index contributed by atoms with van der Waals surface area (Å²) < 4.78 is 2.26. The lowest BCUT2D eigenvalue weighted by Crippen LogP contribution is -2.09. The van der Waals surface area contributed by atoms with E-state index in [1.807, 2.05) is 0 Å². The summed E-state index contributed by atoms with van der Waals surface area (Å²) in [5.41, 5.74) is 2.88. The number of aryl methyl sites for hydroxylation is 1. The zero-order valence-corrected chi connectivity index (χ0v) is 22.7. The van der Waals surface area contributed by atoms with Gasteiger partial charge in [-0.2, -0.15) is 9.78 Å². The molecular formula is C23H17Cl4N3O2S2. The summed E-state index contributed by atoms with van der Waals surface area (Å²) >= 11 is 27.8. The van der Waals surface area contributed by atoms with Crippen LogP contribution in [0.15, 0.2) is 40.6 Å². The number of rotatable bonds is 6. The summed E-state index contributed by atoms with van der Waals surface area (Å²) in [6.45, 7) is 5.88. The minimum absolute atomic E-state index is 0.0265. The van der Waals surface area contributed by atoms with Gasteiger partial charge in [0.05, 0.1) is 15.6 Å². The Balaban J connectivity index is 1.94. The van der Waals surface area contributed by atoms with Crippen LogP contribution in [0.25, 0.3) is 27.5 Å². The van der Waals surface area contributed by atoms with Crippen LogP contribution in [-0.4, -0.2) is 31.1 Å². The summed E-state index contributed by atoms with van der Waals surface area (Å²) in [7, 11) is 0. The molecule has 11 heteroatoms. The largest absolute Gasteiger partial charge is 0.476 e. The van der Waals surface area contributed by atoms with Crippen LogP contribution in [0.4, 0.5) is 0 Å². The molecule has 0 aliphatic heterocycles. The second-order valence-electron chi connectivity index (χ2n) is 7.64. The van der Waals surface area contributed by atoms with Crippen LogP contribution < -0.4 is 0 Å². The molecule has 0 aliphatic rings. The number of hydrogen-bond acceptors (Lipinski definition) is 5. The summed E-state index contributed by atoms with van der Waals surface area (Å²) in [6, 6.07) is 10.1. The molecule has 4 aromatic rings. The number of aromatic nitrogens is 3. The number of hydrogen-bond donors (Lipinski definition) is 1. The van der Waals surface area contributed by atoms with Crippen molar-refractivity contribution in [3.05, 3.63) is 67.9 Å². The molecular weight excluding hydrogens is 556 g/mol. The first-order valence-corrected chi connectivity index (χ1v) is 13.2. The average Bonchev–Trinajstić information content (AvgIpc) is 3.27. The number of thiazole rings is 1. The minimum atomic E-state index is -1.15. The minimum Gasteiger partial charge on any atom is -0.476 e. The van der Waals surface area contributed by atoms with E-state index in [1.165, 1.54) is 16.0 Å². The van der Waals surface area contributed by atoms with E-state index in [0.29, 0.717) is 47.7 Å². The lowest BCUT2D eigenvalue weighted by Gasteiger charge is -2.05. The number of thioether (sulfide) groups is 1. The van der Waals surface area contributed by atoms with Gasteiger partial charge < -0.3 is 5.11 Å². The van der Waals surface area contributed by atoms with E-state index in [2.05, 4.69) is 18.9 Å². The molecule has 2 heterocycles. The van der Waals surface area contributed by atoms with E-state index < -0.39 is 5.97 Å². The summed E-state index contributed by atoms with van der Waals surface area (Å²) in [6.07, 6.45) is 0. The first-order valence-electron chi connectivity index (χ1n) is 9.97. The maximum absolute atomic E-state index is 12.4. The lowest BCUT2D eigenvalue weighted by atomic mass is 10.0. The maximum Gasteiger partial charge on any atom is 0.355 e. The quantitative estimate of drug-likeness (QED) is 0.234. The third-order valence-electron chi connectivity index (χ3n) is 4.66. The van der Waals surface area contributed by atoms with Crippen LogP contribution in [0.3, 0.4) is 0 Å². The highest BCUT2D eigenvalue weighted by atomic mass is 35.5. The van der Waals surface area contributed by atoms with Crippen molar-refractivity contribution in [3.8, 4) is 27.5 Å². The van der Waals surface area contributed by atoms with Crippen LogP contribution in [0, 0.1) is 6.92 Å². The summed E-state index contributed by atoms with van der Waals surface area (Å²) in [5, 5.41) is 17.1. The van der Waals surface area contributed by atoms with Gasteiger partial charge in [-0.05, 0) is 48.9 Å². The molecule has 0 radical (unpaired) electrons. The fourth-order valence-corrected chi connectivity index (χ4v) is 6.99. The van der Waals surface area contributed by atoms with Gasteiger partial charge in [-0.3, -0.25) is 0 Å². The summed E-state index contributed by atoms with van der Waals surface area (Å²) in [4.78, 5) is 17.2. The lowest BCUT2D eigenvalue weighted by molar-refractivity contribution is 0.0688. The fraction of sp³-hybridized carbons (Fsp3) is 0.174. The Hall–Kier alpha value is -1.74. The monoisotopic (exact) mass is 571 g/mol. The second kappa shape index (κ2) is 10.1. The molecule has 4 rings (SSSR count). The van der Waals surface area contributed by atoms with Gasteiger partial charge in [0.2, 0.25) is 5.13 Å². The number of carbonyl (C=O) groups is 1. The molecule has 5 nitrogen and oxygen atoms in total.